The maximum absolute atomic E-state index is 12.0. The van der Waals surface area contributed by atoms with Crippen molar-refractivity contribution < 1.29 is 13.2 Å². The number of aromatic amines is 1. The van der Waals surface area contributed by atoms with E-state index in [1.165, 1.54) is 12.1 Å². The standard InChI is InChI=1S/C10H11IN4O3S/c1-2-18-10-12-9(13-14-10)15-19(16,17)8-5-3-7(11)4-6-8/h3-6H,2H2,1H3,(H2,12,13,14,15). The molecule has 0 saturated heterocycles. The Balaban J connectivity index is 2.18. The van der Waals surface area contributed by atoms with Gasteiger partial charge in [0.1, 0.15) is 0 Å². The van der Waals surface area contributed by atoms with Crippen LogP contribution >= 0.6 is 22.6 Å². The van der Waals surface area contributed by atoms with E-state index >= 15 is 0 Å². The van der Waals surface area contributed by atoms with Crippen LogP contribution in [-0.4, -0.2) is 30.2 Å². The second-order valence-electron chi connectivity index (χ2n) is 3.46. The van der Waals surface area contributed by atoms with Crippen LogP contribution in [0.3, 0.4) is 0 Å². The van der Waals surface area contributed by atoms with Gasteiger partial charge in [-0.25, -0.2) is 18.2 Å². The molecule has 0 fully saturated rings. The highest BCUT2D eigenvalue weighted by molar-refractivity contribution is 14.1. The van der Waals surface area contributed by atoms with E-state index in [1.807, 2.05) is 0 Å². The molecule has 0 aliphatic heterocycles. The summed E-state index contributed by atoms with van der Waals surface area (Å²) in [5.74, 6) is 0.0157. The second-order valence-corrected chi connectivity index (χ2v) is 6.39. The van der Waals surface area contributed by atoms with Crippen LogP contribution in [0, 0.1) is 3.57 Å². The molecule has 0 saturated carbocycles. The average molecular weight is 394 g/mol. The Bertz CT molecular complexity index is 654. The van der Waals surface area contributed by atoms with Gasteiger partial charge in [0, 0.05) is 3.57 Å². The SMILES string of the molecule is CCOc1n[nH]c(NS(=O)(=O)c2ccc(I)cc2)n1. The highest BCUT2D eigenvalue weighted by Gasteiger charge is 2.16. The average Bonchev–Trinajstić information content (AvgIpc) is 2.77. The molecule has 1 aromatic heterocycles. The van der Waals surface area contributed by atoms with Crippen LogP contribution in [0.4, 0.5) is 5.95 Å². The Kier molecular flexibility index (Phi) is 4.24. The first-order chi connectivity index (χ1) is 9.01. The molecule has 102 valence electrons. The van der Waals surface area contributed by atoms with Crippen molar-refractivity contribution in [2.75, 3.05) is 11.3 Å². The summed E-state index contributed by atoms with van der Waals surface area (Å²) in [5.41, 5.74) is 0. The maximum atomic E-state index is 12.0. The third kappa shape index (κ3) is 3.56. The lowest BCUT2D eigenvalue weighted by Crippen LogP contribution is -2.13. The second kappa shape index (κ2) is 5.74. The fraction of sp³-hybridized carbons (Fsp3) is 0.200. The smallest absolute Gasteiger partial charge is 0.337 e. The van der Waals surface area contributed by atoms with E-state index in [0.29, 0.717) is 6.61 Å². The van der Waals surface area contributed by atoms with Crippen LogP contribution in [0.25, 0.3) is 0 Å². The van der Waals surface area contributed by atoms with Crippen LogP contribution in [0.1, 0.15) is 6.92 Å². The maximum Gasteiger partial charge on any atom is 0.337 e. The first-order valence-electron chi connectivity index (χ1n) is 5.35. The molecule has 2 N–H and O–H groups in total. The number of sulfonamides is 1. The fourth-order valence-electron chi connectivity index (χ4n) is 1.29. The van der Waals surface area contributed by atoms with Crippen molar-refractivity contribution in [3.05, 3.63) is 27.8 Å². The number of nitrogens with zero attached hydrogens (tertiary/aromatic N) is 2. The lowest BCUT2D eigenvalue weighted by molar-refractivity contribution is 0.314. The lowest BCUT2D eigenvalue weighted by atomic mass is 10.4. The molecule has 7 nitrogen and oxygen atoms in total. The zero-order chi connectivity index (χ0) is 13.9. The molecule has 2 rings (SSSR count). The number of rotatable bonds is 5. The Morgan fingerprint density at radius 2 is 2.05 bits per heavy atom. The molecule has 1 aromatic carbocycles. The Hall–Kier alpha value is -1.36. The van der Waals surface area contributed by atoms with Crippen molar-refractivity contribution in [2.45, 2.75) is 11.8 Å². The minimum absolute atomic E-state index is 0.0157. The van der Waals surface area contributed by atoms with Crippen LogP contribution in [0.15, 0.2) is 29.2 Å². The van der Waals surface area contributed by atoms with Gasteiger partial charge in [-0.2, -0.15) is 4.98 Å². The predicted octanol–water partition coefficient (Wildman–Crippen LogP) is 1.61. The topological polar surface area (TPSA) is 97.0 Å². The molecule has 19 heavy (non-hydrogen) atoms. The van der Waals surface area contributed by atoms with E-state index in [4.69, 9.17) is 4.74 Å². The zero-order valence-electron chi connectivity index (χ0n) is 9.92. The number of halogens is 1. The summed E-state index contributed by atoms with van der Waals surface area (Å²) in [6, 6.07) is 6.55. The number of hydrogen-bond acceptors (Lipinski definition) is 5. The predicted molar refractivity (Wildman–Crippen MR) is 77.5 cm³/mol. The van der Waals surface area contributed by atoms with Crippen molar-refractivity contribution >= 4 is 38.6 Å². The number of ether oxygens (including phenoxy) is 1. The fourth-order valence-corrected chi connectivity index (χ4v) is 2.60. The van der Waals surface area contributed by atoms with Gasteiger partial charge in [-0.15, -0.1) is 5.10 Å². The normalized spacial score (nSPS) is 11.3. The Morgan fingerprint density at radius 3 is 2.68 bits per heavy atom. The van der Waals surface area contributed by atoms with Gasteiger partial charge in [0.15, 0.2) is 0 Å². The molecule has 9 heteroatoms. The summed E-state index contributed by atoms with van der Waals surface area (Å²) in [7, 11) is -3.67. The summed E-state index contributed by atoms with van der Waals surface area (Å²) in [6.07, 6.45) is 0. The first-order valence-corrected chi connectivity index (χ1v) is 7.91. The van der Waals surface area contributed by atoms with Gasteiger partial charge >= 0.3 is 6.01 Å². The van der Waals surface area contributed by atoms with Gasteiger partial charge in [0.05, 0.1) is 11.5 Å². The number of nitrogens with one attached hydrogen (secondary N) is 2. The van der Waals surface area contributed by atoms with E-state index in [9.17, 15) is 8.42 Å². The first kappa shape index (κ1) is 14.1. The van der Waals surface area contributed by atoms with E-state index in [-0.39, 0.29) is 16.9 Å². The quantitative estimate of drug-likeness (QED) is 0.752. The summed E-state index contributed by atoms with van der Waals surface area (Å²) in [5, 5.41) is 6.16. The summed E-state index contributed by atoms with van der Waals surface area (Å²) in [6.45, 7) is 2.19. The van der Waals surface area contributed by atoms with Crippen LogP contribution in [0.5, 0.6) is 6.01 Å². The Morgan fingerprint density at radius 1 is 1.37 bits per heavy atom. The summed E-state index contributed by atoms with van der Waals surface area (Å²) >= 11 is 2.10. The van der Waals surface area contributed by atoms with E-state index in [1.54, 1.807) is 19.1 Å². The van der Waals surface area contributed by atoms with Crippen LogP contribution in [0.2, 0.25) is 0 Å². The van der Waals surface area contributed by atoms with E-state index in [2.05, 4.69) is 42.5 Å². The zero-order valence-corrected chi connectivity index (χ0v) is 12.9. The van der Waals surface area contributed by atoms with Gasteiger partial charge in [-0.3, -0.25) is 0 Å². The number of H-pyrrole nitrogens is 1. The van der Waals surface area contributed by atoms with Crippen molar-refractivity contribution in [3.63, 3.8) is 0 Å². The lowest BCUT2D eigenvalue weighted by Gasteiger charge is -2.04. The highest BCUT2D eigenvalue weighted by Crippen LogP contribution is 2.15. The molecule has 0 bridgehead atoms. The molecule has 0 amide bonds. The molecule has 0 spiro atoms. The molecule has 2 aromatic rings. The van der Waals surface area contributed by atoms with Crippen molar-refractivity contribution in [1.29, 1.82) is 0 Å². The molecular formula is C10H11IN4O3S. The number of aromatic nitrogens is 3. The third-order valence-corrected chi connectivity index (χ3v) is 4.17. The van der Waals surface area contributed by atoms with Crippen molar-refractivity contribution in [1.82, 2.24) is 15.2 Å². The highest BCUT2D eigenvalue weighted by atomic mass is 127. The van der Waals surface area contributed by atoms with Crippen molar-refractivity contribution in [2.24, 2.45) is 0 Å². The molecule has 0 aliphatic carbocycles. The van der Waals surface area contributed by atoms with Gasteiger partial charge in [-0.05, 0) is 53.8 Å². The number of benzene rings is 1. The van der Waals surface area contributed by atoms with Crippen LogP contribution in [-0.2, 0) is 10.0 Å². The molecule has 0 aliphatic rings. The number of hydrogen-bond donors (Lipinski definition) is 2. The van der Waals surface area contributed by atoms with Gasteiger partial charge < -0.3 is 4.74 Å². The van der Waals surface area contributed by atoms with E-state index < -0.39 is 10.0 Å². The minimum atomic E-state index is -3.67. The molecule has 0 radical (unpaired) electrons. The van der Waals surface area contributed by atoms with E-state index in [0.717, 1.165) is 3.57 Å². The largest absolute Gasteiger partial charge is 0.463 e. The molecular weight excluding hydrogens is 383 g/mol. The Labute approximate surface area is 124 Å². The van der Waals surface area contributed by atoms with Gasteiger partial charge in [0.2, 0.25) is 5.95 Å². The van der Waals surface area contributed by atoms with Gasteiger partial charge in [-0.1, -0.05) is 0 Å². The molecule has 0 atom stereocenters. The third-order valence-electron chi connectivity index (χ3n) is 2.09. The molecule has 0 unspecified atom stereocenters. The summed E-state index contributed by atoms with van der Waals surface area (Å²) < 4.78 is 32.4. The van der Waals surface area contributed by atoms with Gasteiger partial charge in [0.25, 0.3) is 10.0 Å². The molecule has 1 heterocycles. The minimum Gasteiger partial charge on any atom is -0.463 e. The van der Waals surface area contributed by atoms with Crippen molar-refractivity contribution in [3.8, 4) is 6.01 Å². The monoisotopic (exact) mass is 394 g/mol. The number of anilines is 1. The summed E-state index contributed by atoms with van der Waals surface area (Å²) in [4.78, 5) is 4.00. The van der Waals surface area contributed by atoms with Crippen LogP contribution < -0.4 is 9.46 Å².